The van der Waals surface area contributed by atoms with Crippen LogP contribution in [0.4, 0.5) is 4.79 Å². The van der Waals surface area contributed by atoms with E-state index in [-0.39, 0.29) is 12.1 Å². The minimum Gasteiger partial charge on any atom is -0.446 e. The molecular weight excluding hydrogens is 182 g/mol. The monoisotopic (exact) mass is 197 g/mol. The van der Waals surface area contributed by atoms with Gasteiger partial charge in [-0.25, -0.2) is 9.78 Å². The lowest BCUT2D eigenvalue weighted by Crippen LogP contribution is -2.39. The quantitative estimate of drug-likeness (QED) is 0.764. The second kappa shape index (κ2) is 4.64. The summed E-state index contributed by atoms with van der Waals surface area (Å²) in [7, 11) is 0. The van der Waals surface area contributed by atoms with Gasteiger partial charge in [-0.3, -0.25) is 0 Å². The Kier molecular flexibility index (Phi) is 3.50. The molecule has 0 atom stereocenters. The molecule has 78 valence electrons. The highest BCUT2D eigenvalue weighted by atomic mass is 16.3. The van der Waals surface area contributed by atoms with Crippen LogP contribution in [0.3, 0.4) is 0 Å². The molecule has 1 rings (SSSR count). The van der Waals surface area contributed by atoms with Gasteiger partial charge in [-0.15, -0.1) is 0 Å². The van der Waals surface area contributed by atoms with Gasteiger partial charge in [0.2, 0.25) is 0 Å². The minimum absolute atomic E-state index is 0.130. The van der Waals surface area contributed by atoms with Crippen LogP contribution in [0.15, 0.2) is 10.8 Å². The van der Waals surface area contributed by atoms with Gasteiger partial charge >= 0.3 is 6.03 Å². The third-order valence-electron chi connectivity index (χ3n) is 1.67. The van der Waals surface area contributed by atoms with Gasteiger partial charge in [0, 0.05) is 6.04 Å². The zero-order valence-electron chi connectivity index (χ0n) is 8.63. The molecule has 0 saturated carbocycles. The first kappa shape index (κ1) is 10.6. The summed E-state index contributed by atoms with van der Waals surface area (Å²) in [5.74, 6) is 0.684. The Morgan fingerprint density at radius 2 is 2.36 bits per heavy atom. The van der Waals surface area contributed by atoms with Gasteiger partial charge in [-0.1, -0.05) is 0 Å². The number of aryl methyl sites for hydroxylation is 1. The SMILES string of the molecule is Cc1ncoc1CNC(=O)NC(C)C. The molecule has 0 aliphatic heterocycles. The van der Waals surface area contributed by atoms with Gasteiger partial charge in [0.25, 0.3) is 0 Å². The molecule has 0 aliphatic rings. The Bertz CT molecular complexity index is 307. The number of hydrogen-bond donors (Lipinski definition) is 2. The zero-order chi connectivity index (χ0) is 10.6. The number of oxazole rings is 1. The summed E-state index contributed by atoms with van der Waals surface area (Å²) >= 11 is 0. The van der Waals surface area contributed by atoms with Crippen LogP contribution in [0.5, 0.6) is 0 Å². The third-order valence-corrected chi connectivity index (χ3v) is 1.67. The van der Waals surface area contributed by atoms with Crippen molar-refractivity contribution >= 4 is 6.03 Å². The van der Waals surface area contributed by atoms with Crippen molar-refractivity contribution in [3.05, 3.63) is 17.8 Å². The fourth-order valence-electron chi connectivity index (χ4n) is 0.970. The Balaban J connectivity index is 2.34. The standard InChI is InChI=1S/C9H15N3O2/c1-6(2)12-9(13)10-4-8-7(3)11-5-14-8/h5-6H,4H2,1-3H3,(H2,10,12,13). The van der Waals surface area contributed by atoms with E-state index in [1.807, 2.05) is 20.8 Å². The zero-order valence-corrected chi connectivity index (χ0v) is 8.63. The molecule has 0 saturated heterocycles. The van der Waals surface area contributed by atoms with Crippen LogP contribution < -0.4 is 10.6 Å². The largest absolute Gasteiger partial charge is 0.446 e. The average Bonchev–Trinajstić information content (AvgIpc) is 2.46. The van der Waals surface area contributed by atoms with Gasteiger partial charge < -0.3 is 15.1 Å². The summed E-state index contributed by atoms with van der Waals surface area (Å²) in [6.45, 7) is 6.00. The van der Waals surface area contributed by atoms with Gasteiger partial charge in [0.15, 0.2) is 6.39 Å². The van der Waals surface area contributed by atoms with E-state index in [4.69, 9.17) is 4.42 Å². The second-order valence-electron chi connectivity index (χ2n) is 3.34. The predicted molar refractivity (Wildman–Crippen MR) is 51.7 cm³/mol. The Morgan fingerprint density at radius 1 is 1.64 bits per heavy atom. The highest BCUT2D eigenvalue weighted by molar-refractivity contribution is 5.73. The molecule has 1 heterocycles. The van der Waals surface area contributed by atoms with Crippen molar-refractivity contribution in [2.24, 2.45) is 0 Å². The summed E-state index contributed by atoms with van der Waals surface area (Å²) in [6, 6.07) is -0.0679. The van der Waals surface area contributed by atoms with E-state index >= 15 is 0 Å². The molecule has 2 amide bonds. The second-order valence-corrected chi connectivity index (χ2v) is 3.34. The molecule has 0 spiro atoms. The third kappa shape index (κ3) is 3.08. The van der Waals surface area contributed by atoms with Crippen molar-refractivity contribution in [1.29, 1.82) is 0 Å². The number of carbonyl (C=O) groups excluding carboxylic acids is 1. The number of aromatic nitrogens is 1. The molecule has 0 aromatic carbocycles. The summed E-state index contributed by atoms with van der Waals surface area (Å²) in [5.41, 5.74) is 0.801. The number of hydrogen-bond acceptors (Lipinski definition) is 3. The average molecular weight is 197 g/mol. The number of rotatable bonds is 3. The van der Waals surface area contributed by atoms with Crippen molar-refractivity contribution in [3.8, 4) is 0 Å². The first-order valence-electron chi connectivity index (χ1n) is 4.53. The van der Waals surface area contributed by atoms with Crippen LogP contribution in [-0.4, -0.2) is 17.1 Å². The maximum Gasteiger partial charge on any atom is 0.315 e. The van der Waals surface area contributed by atoms with Crippen LogP contribution in [0.25, 0.3) is 0 Å². The van der Waals surface area contributed by atoms with Crippen LogP contribution in [0.1, 0.15) is 25.3 Å². The van der Waals surface area contributed by atoms with Gasteiger partial charge in [-0.05, 0) is 20.8 Å². The summed E-state index contributed by atoms with van der Waals surface area (Å²) in [4.78, 5) is 15.1. The van der Waals surface area contributed by atoms with Crippen LogP contribution >= 0.6 is 0 Å². The topological polar surface area (TPSA) is 67.2 Å². The summed E-state index contributed by atoms with van der Waals surface area (Å²) < 4.78 is 5.07. The number of nitrogens with one attached hydrogen (secondary N) is 2. The lowest BCUT2D eigenvalue weighted by Gasteiger charge is -2.08. The van der Waals surface area contributed by atoms with Crippen molar-refractivity contribution in [2.75, 3.05) is 0 Å². The fourth-order valence-corrected chi connectivity index (χ4v) is 0.970. The van der Waals surface area contributed by atoms with Crippen LogP contribution in [-0.2, 0) is 6.54 Å². The van der Waals surface area contributed by atoms with Crippen LogP contribution in [0.2, 0.25) is 0 Å². The Labute approximate surface area is 82.9 Å². The van der Waals surface area contributed by atoms with Crippen LogP contribution in [0, 0.1) is 6.92 Å². The molecule has 0 aliphatic carbocycles. The van der Waals surface area contributed by atoms with E-state index in [9.17, 15) is 4.79 Å². The maximum absolute atomic E-state index is 11.2. The van der Waals surface area contributed by atoms with Crippen molar-refractivity contribution in [1.82, 2.24) is 15.6 Å². The molecule has 1 aromatic heterocycles. The number of amides is 2. The molecule has 0 bridgehead atoms. The molecule has 0 radical (unpaired) electrons. The molecule has 2 N–H and O–H groups in total. The van der Waals surface area contributed by atoms with Crippen molar-refractivity contribution in [2.45, 2.75) is 33.4 Å². The number of nitrogens with zero attached hydrogens (tertiary/aromatic N) is 1. The smallest absolute Gasteiger partial charge is 0.315 e. The number of urea groups is 1. The lowest BCUT2D eigenvalue weighted by atomic mass is 10.3. The molecule has 0 fully saturated rings. The summed E-state index contributed by atoms with van der Waals surface area (Å²) in [6.07, 6.45) is 1.37. The number of carbonyl (C=O) groups is 1. The lowest BCUT2D eigenvalue weighted by molar-refractivity contribution is 0.237. The molecule has 5 heteroatoms. The molecule has 14 heavy (non-hydrogen) atoms. The van der Waals surface area contributed by atoms with E-state index in [1.165, 1.54) is 6.39 Å². The Hall–Kier alpha value is -1.52. The fraction of sp³-hybridized carbons (Fsp3) is 0.556. The minimum atomic E-state index is -0.198. The predicted octanol–water partition coefficient (Wildman–Crippen LogP) is 1.19. The van der Waals surface area contributed by atoms with Gasteiger partial charge in [0.05, 0.1) is 12.2 Å². The van der Waals surface area contributed by atoms with E-state index in [2.05, 4.69) is 15.6 Å². The molecule has 1 aromatic rings. The van der Waals surface area contributed by atoms with Gasteiger partial charge in [0.1, 0.15) is 5.76 Å². The highest BCUT2D eigenvalue weighted by Crippen LogP contribution is 2.03. The van der Waals surface area contributed by atoms with Crippen molar-refractivity contribution < 1.29 is 9.21 Å². The normalized spacial score (nSPS) is 10.3. The van der Waals surface area contributed by atoms with E-state index < -0.39 is 0 Å². The molecule has 0 unspecified atom stereocenters. The van der Waals surface area contributed by atoms with Gasteiger partial charge in [-0.2, -0.15) is 0 Å². The maximum atomic E-state index is 11.2. The van der Waals surface area contributed by atoms with E-state index in [1.54, 1.807) is 0 Å². The molecule has 5 nitrogen and oxygen atoms in total. The Morgan fingerprint density at radius 3 is 2.86 bits per heavy atom. The van der Waals surface area contributed by atoms with E-state index in [0.29, 0.717) is 12.3 Å². The highest BCUT2D eigenvalue weighted by Gasteiger charge is 2.06. The molecular formula is C9H15N3O2. The summed E-state index contributed by atoms with van der Waals surface area (Å²) in [5, 5.41) is 5.39. The first-order chi connectivity index (χ1) is 6.59. The van der Waals surface area contributed by atoms with Crippen molar-refractivity contribution in [3.63, 3.8) is 0 Å². The first-order valence-corrected chi connectivity index (χ1v) is 4.53. The van der Waals surface area contributed by atoms with E-state index in [0.717, 1.165) is 5.69 Å².